The van der Waals surface area contributed by atoms with Gasteiger partial charge in [-0.05, 0) is 73.5 Å². The van der Waals surface area contributed by atoms with Crippen LogP contribution in [0.2, 0.25) is 0 Å². The highest BCUT2D eigenvalue weighted by atomic mass is 19.1. The lowest BCUT2D eigenvalue weighted by Crippen LogP contribution is -2.26. The molecule has 9 heteroatoms. The first-order valence-electron chi connectivity index (χ1n) is 13.6. The van der Waals surface area contributed by atoms with Crippen LogP contribution in [0.4, 0.5) is 27.4 Å². The van der Waals surface area contributed by atoms with E-state index in [4.69, 9.17) is 4.74 Å². The first-order chi connectivity index (χ1) is 19.9. The molecule has 0 saturated heterocycles. The molecule has 0 radical (unpaired) electrons. The zero-order valence-electron chi connectivity index (χ0n) is 23.3. The van der Waals surface area contributed by atoms with Gasteiger partial charge in [-0.15, -0.1) is 0 Å². The zero-order chi connectivity index (χ0) is 29.0. The summed E-state index contributed by atoms with van der Waals surface area (Å²) in [6.45, 7) is 5.14. The molecular formula is C32H34FN5O3. The zero-order valence-corrected chi connectivity index (χ0v) is 23.3. The maximum atomic E-state index is 13.0. The Hall–Kier alpha value is -4.79. The first-order valence-corrected chi connectivity index (χ1v) is 13.6. The van der Waals surface area contributed by atoms with E-state index in [1.807, 2.05) is 54.6 Å². The second-order valence-corrected chi connectivity index (χ2v) is 9.57. The lowest BCUT2D eigenvalue weighted by molar-refractivity contribution is -0.121. The van der Waals surface area contributed by atoms with Crippen LogP contribution in [0.15, 0.2) is 85.1 Å². The summed E-state index contributed by atoms with van der Waals surface area (Å²) >= 11 is 0. The van der Waals surface area contributed by atoms with Crippen molar-refractivity contribution in [1.82, 2.24) is 9.97 Å². The van der Waals surface area contributed by atoms with Crippen LogP contribution >= 0.6 is 0 Å². The lowest BCUT2D eigenvalue weighted by atomic mass is 10.1. The number of rotatable bonds is 14. The molecule has 0 spiro atoms. The van der Waals surface area contributed by atoms with Crippen LogP contribution in [0.1, 0.15) is 33.1 Å². The Kier molecular flexibility index (Phi) is 10.4. The molecule has 4 rings (SSSR count). The molecule has 0 atom stereocenters. The Balaban J connectivity index is 1.34. The summed E-state index contributed by atoms with van der Waals surface area (Å²) in [5, 5.41) is 6.06. The van der Waals surface area contributed by atoms with Crippen LogP contribution in [0.3, 0.4) is 0 Å². The van der Waals surface area contributed by atoms with Crippen molar-refractivity contribution < 1.29 is 18.7 Å². The third kappa shape index (κ3) is 9.13. The molecule has 0 saturated carbocycles. The van der Waals surface area contributed by atoms with Crippen molar-refractivity contribution in [3.8, 4) is 17.0 Å². The highest BCUT2D eigenvalue weighted by Gasteiger charge is 2.10. The van der Waals surface area contributed by atoms with Crippen molar-refractivity contribution >= 4 is 34.7 Å². The smallest absolute Gasteiger partial charge is 0.227 e. The Morgan fingerprint density at radius 2 is 1.73 bits per heavy atom. The molecule has 2 N–H and O–H groups in total. The fourth-order valence-electron chi connectivity index (χ4n) is 4.29. The minimum absolute atomic E-state index is 0.00276. The molecule has 0 bridgehead atoms. The van der Waals surface area contributed by atoms with Crippen molar-refractivity contribution in [3.05, 3.63) is 90.9 Å². The highest BCUT2D eigenvalue weighted by molar-refractivity contribution is 5.89. The summed E-state index contributed by atoms with van der Waals surface area (Å²) < 4.78 is 18.5. The van der Waals surface area contributed by atoms with Crippen LogP contribution in [0.25, 0.3) is 11.3 Å². The molecule has 1 heterocycles. The number of amides is 1. The van der Waals surface area contributed by atoms with E-state index in [9.17, 15) is 14.0 Å². The van der Waals surface area contributed by atoms with Gasteiger partial charge in [0.05, 0.1) is 5.69 Å². The van der Waals surface area contributed by atoms with Gasteiger partial charge in [0.25, 0.3) is 0 Å². The number of carbonyl (C=O) groups is 2. The van der Waals surface area contributed by atoms with Crippen LogP contribution < -0.4 is 20.3 Å². The monoisotopic (exact) mass is 555 g/mol. The van der Waals surface area contributed by atoms with Gasteiger partial charge >= 0.3 is 0 Å². The van der Waals surface area contributed by atoms with Crippen LogP contribution in [-0.2, 0) is 9.59 Å². The predicted octanol–water partition coefficient (Wildman–Crippen LogP) is 6.63. The predicted molar refractivity (Wildman–Crippen MR) is 160 cm³/mol. The molecule has 0 aliphatic carbocycles. The van der Waals surface area contributed by atoms with E-state index in [0.29, 0.717) is 24.5 Å². The normalized spacial score (nSPS) is 10.6. The minimum atomic E-state index is -0.341. The van der Waals surface area contributed by atoms with Gasteiger partial charge in [0, 0.05) is 55.3 Å². The number of nitrogens with one attached hydrogen (secondary N) is 2. The average Bonchev–Trinajstić information content (AvgIpc) is 2.97. The third-order valence-corrected chi connectivity index (χ3v) is 6.21. The van der Waals surface area contributed by atoms with Gasteiger partial charge < -0.3 is 20.3 Å². The van der Waals surface area contributed by atoms with Gasteiger partial charge in [-0.1, -0.05) is 25.1 Å². The summed E-state index contributed by atoms with van der Waals surface area (Å²) in [6.07, 6.45) is 3.75. The number of hydrogen-bond acceptors (Lipinski definition) is 7. The minimum Gasteiger partial charge on any atom is -0.486 e. The number of ketones is 1. The number of carbonyl (C=O) groups excluding carboxylic acids is 2. The van der Waals surface area contributed by atoms with Crippen molar-refractivity contribution in [2.45, 2.75) is 33.1 Å². The highest BCUT2D eigenvalue weighted by Crippen LogP contribution is 2.24. The second-order valence-electron chi connectivity index (χ2n) is 9.57. The summed E-state index contributed by atoms with van der Waals surface area (Å²) in [4.78, 5) is 34.9. The average molecular weight is 556 g/mol. The number of ether oxygens (including phenoxy) is 1. The van der Waals surface area contributed by atoms with Crippen molar-refractivity contribution in [2.75, 3.05) is 35.2 Å². The fourth-order valence-corrected chi connectivity index (χ4v) is 4.29. The number of hydrogen-bond donors (Lipinski definition) is 2. The van der Waals surface area contributed by atoms with E-state index in [1.54, 1.807) is 6.20 Å². The Morgan fingerprint density at radius 1 is 0.951 bits per heavy atom. The van der Waals surface area contributed by atoms with Gasteiger partial charge in [0.15, 0.2) is 5.78 Å². The number of aromatic nitrogens is 2. The fraction of sp³-hybridized carbons (Fsp3) is 0.250. The van der Waals surface area contributed by atoms with E-state index in [-0.39, 0.29) is 24.1 Å². The number of halogens is 1. The van der Waals surface area contributed by atoms with E-state index >= 15 is 0 Å². The molecule has 0 unspecified atom stereocenters. The van der Waals surface area contributed by atoms with Gasteiger partial charge in [-0.3, -0.25) is 9.59 Å². The van der Waals surface area contributed by atoms with Gasteiger partial charge in [0.1, 0.15) is 18.2 Å². The van der Waals surface area contributed by atoms with Gasteiger partial charge in [-0.2, -0.15) is 0 Å². The molecule has 0 aliphatic rings. The number of nitrogens with zero attached hydrogens (tertiary/aromatic N) is 3. The number of benzene rings is 3. The Labute approximate surface area is 239 Å². The molecular weight excluding hydrogens is 521 g/mol. The van der Waals surface area contributed by atoms with E-state index in [2.05, 4.69) is 32.4 Å². The van der Waals surface area contributed by atoms with Crippen LogP contribution in [0, 0.1) is 5.82 Å². The number of anilines is 4. The maximum Gasteiger partial charge on any atom is 0.227 e. The topological polar surface area (TPSA) is 96.5 Å². The summed E-state index contributed by atoms with van der Waals surface area (Å²) in [7, 11) is 0. The molecule has 41 heavy (non-hydrogen) atoms. The molecule has 8 nitrogen and oxygen atoms in total. The maximum absolute atomic E-state index is 13.0. The van der Waals surface area contributed by atoms with E-state index < -0.39 is 0 Å². The second kappa shape index (κ2) is 14.6. The van der Waals surface area contributed by atoms with Crippen LogP contribution in [0.5, 0.6) is 5.75 Å². The summed E-state index contributed by atoms with van der Waals surface area (Å²) in [6, 6.07) is 23.0. The molecule has 212 valence electrons. The Bertz CT molecular complexity index is 1440. The van der Waals surface area contributed by atoms with E-state index in [0.717, 1.165) is 47.8 Å². The quantitative estimate of drug-likeness (QED) is 0.180. The standard InChI is InChI=1S/C32H34FN5O3/c1-3-19-38(20-5-8-29(40)22-41-30-15-11-25(33)12-16-30)28-7-4-6-27(21-28)36-32-34-18-17-31(37-32)24-9-13-26(14-10-24)35-23(2)39/h4,6-7,9-18,21H,3,5,8,19-20,22H2,1-2H3,(H,35,39)(H,34,36,37). The van der Waals surface area contributed by atoms with Crippen LogP contribution in [-0.4, -0.2) is 41.4 Å². The molecule has 4 aromatic rings. The molecule has 0 fully saturated rings. The van der Waals surface area contributed by atoms with Crippen molar-refractivity contribution in [2.24, 2.45) is 0 Å². The number of Topliss-reactive ketones (excluding diaryl/α,β-unsaturated/α-hetero) is 1. The molecule has 0 aliphatic heterocycles. The van der Waals surface area contributed by atoms with Crippen molar-refractivity contribution in [3.63, 3.8) is 0 Å². The summed E-state index contributed by atoms with van der Waals surface area (Å²) in [5.41, 5.74) is 4.28. The molecule has 1 amide bonds. The molecule has 1 aromatic heterocycles. The van der Waals surface area contributed by atoms with Gasteiger partial charge in [-0.25, -0.2) is 14.4 Å². The SMILES string of the molecule is CCCN(CCCC(=O)COc1ccc(F)cc1)c1cccc(Nc2nccc(-c3ccc(NC(C)=O)cc3)n2)c1. The summed E-state index contributed by atoms with van der Waals surface area (Å²) in [5.74, 6) is 0.493. The van der Waals surface area contributed by atoms with E-state index in [1.165, 1.54) is 31.2 Å². The van der Waals surface area contributed by atoms with Gasteiger partial charge in [0.2, 0.25) is 11.9 Å². The first kappa shape index (κ1) is 29.2. The molecule has 3 aromatic carbocycles. The largest absolute Gasteiger partial charge is 0.486 e. The lowest BCUT2D eigenvalue weighted by Gasteiger charge is -2.25. The van der Waals surface area contributed by atoms with Crippen molar-refractivity contribution in [1.29, 1.82) is 0 Å². The third-order valence-electron chi connectivity index (χ3n) is 6.21. The Morgan fingerprint density at radius 3 is 2.46 bits per heavy atom.